The highest BCUT2D eigenvalue weighted by molar-refractivity contribution is 5.92. The molecule has 4 rings (SSSR count). The van der Waals surface area contributed by atoms with Crippen molar-refractivity contribution in [1.29, 1.82) is 0 Å². The van der Waals surface area contributed by atoms with Crippen LogP contribution in [0.4, 0.5) is 0 Å². The Hall–Kier alpha value is -4.89. The highest BCUT2D eigenvalue weighted by atomic mass is 16.6. The Morgan fingerprint density at radius 2 is 1.45 bits per heavy atom. The summed E-state index contributed by atoms with van der Waals surface area (Å²) in [5, 5.41) is 0. The van der Waals surface area contributed by atoms with E-state index in [-0.39, 0.29) is 5.75 Å². The van der Waals surface area contributed by atoms with Crippen molar-refractivity contribution >= 4 is 5.97 Å². The Balaban J connectivity index is 1.66. The fourth-order valence-electron chi connectivity index (χ4n) is 3.68. The van der Waals surface area contributed by atoms with Gasteiger partial charge in [0.15, 0.2) is 23.0 Å². The van der Waals surface area contributed by atoms with Gasteiger partial charge in [-0.2, -0.15) is 0 Å². The Labute approximate surface area is 222 Å². The van der Waals surface area contributed by atoms with E-state index >= 15 is 0 Å². The van der Waals surface area contributed by atoms with Crippen LogP contribution in [0.15, 0.2) is 84.9 Å². The maximum absolute atomic E-state index is 12.9. The average Bonchev–Trinajstić information content (AvgIpc) is 2.97. The van der Waals surface area contributed by atoms with E-state index in [0.29, 0.717) is 45.4 Å². The number of rotatable bonds is 8. The number of methoxy groups -OCH3 is 3. The highest BCUT2D eigenvalue weighted by Crippen LogP contribution is 2.35. The monoisotopic (exact) mass is 508 g/mol. The number of ether oxygens (including phenoxy) is 5. The molecule has 38 heavy (non-hydrogen) atoms. The van der Waals surface area contributed by atoms with Crippen molar-refractivity contribution in [3.05, 3.63) is 107 Å². The van der Waals surface area contributed by atoms with E-state index < -0.39 is 5.97 Å². The topological polar surface area (TPSA) is 63.2 Å². The van der Waals surface area contributed by atoms with E-state index in [2.05, 4.69) is 11.8 Å². The normalized spacial score (nSPS) is 10.1. The molecule has 0 saturated heterocycles. The van der Waals surface area contributed by atoms with Gasteiger partial charge in [0.2, 0.25) is 0 Å². The number of aryl methyl sites for hydroxylation is 1. The van der Waals surface area contributed by atoms with Crippen molar-refractivity contribution in [2.45, 2.75) is 13.3 Å². The van der Waals surface area contributed by atoms with Gasteiger partial charge in [-0.1, -0.05) is 37.0 Å². The lowest BCUT2D eigenvalue weighted by atomic mass is 10.1. The first kappa shape index (κ1) is 26.2. The molecule has 0 N–H and O–H groups in total. The Bertz CT molecular complexity index is 1460. The molecule has 0 amide bonds. The van der Waals surface area contributed by atoms with Gasteiger partial charge in [0.05, 0.1) is 32.5 Å². The molecule has 4 aromatic carbocycles. The molecule has 0 bridgehead atoms. The number of benzene rings is 4. The molecule has 0 aliphatic carbocycles. The van der Waals surface area contributed by atoms with E-state index in [1.54, 1.807) is 44.6 Å². The molecule has 0 saturated carbocycles. The summed E-state index contributed by atoms with van der Waals surface area (Å²) in [6, 6.07) is 25.4. The van der Waals surface area contributed by atoms with E-state index in [9.17, 15) is 4.79 Å². The largest absolute Gasteiger partial charge is 0.497 e. The lowest BCUT2D eigenvalue weighted by Gasteiger charge is -2.13. The molecule has 0 fully saturated rings. The summed E-state index contributed by atoms with van der Waals surface area (Å²) in [5.74, 6) is 8.94. The first-order valence-electron chi connectivity index (χ1n) is 12.0. The van der Waals surface area contributed by atoms with Gasteiger partial charge >= 0.3 is 5.97 Å². The van der Waals surface area contributed by atoms with Gasteiger partial charge in [0.1, 0.15) is 11.5 Å². The summed E-state index contributed by atoms with van der Waals surface area (Å²) in [5.41, 5.74) is 2.62. The Kier molecular flexibility index (Phi) is 8.53. The van der Waals surface area contributed by atoms with Crippen molar-refractivity contribution in [3.8, 4) is 46.3 Å². The van der Waals surface area contributed by atoms with E-state index in [4.69, 9.17) is 23.7 Å². The zero-order valence-electron chi connectivity index (χ0n) is 21.7. The number of hydrogen-bond donors (Lipinski definition) is 0. The highest BCUT2D eigenvalue weighted by Gasteiger charge is 2.17. The zero-order valence-corrected chi connectivity index (χ0v) is 21.7. The minimum atomic E-state index is -0.526. The SMILES string of the molecule is CCc1cc(C#Cc2ccc(Oc3ccccc3)c(OC)c2)c(OC(=O)c2ccc(OC)cc2)c(OC)c1. The third kappa shape index (κ3) is 6.26. The van der Waals surface area contributed by atoms with Crippen LogP contribution in [0.5, 0.6) is 34.5 Å². The number of para-hydroxylation sites is 1. The smallest absolute Gasteiger partial charge is 0.343 e. The van der Waals surface area contributed by atoms with Crippen LogP contribution in [0.1, 0.15) is 34.0 Å². The molecule has 0 aliphatic heterocycles. The van der Waals surface area contributed by atoms with Crippen LogP contribution in [-0.4, -0.2) is 27.3 Å². The second-order valence-electron chi connectivity index (χ2n) is 8.18. The summed E-state index contributed by atoms with van der Waals surface area (Å²) in [4.78, 5) is 12.9. The summed E-state index contributed by atoms with van der Waals surface area (Å²) < 4.78 is 28.0. The third-order valence-electron chi connectivity index (χ3n) is 5.74. The van der Waals surface area contributed by atoms with Crippen LogP contribution in [0.25, 0.3) is 0 Å². The van der Waals surface area contributed by atoms with Gasteiger partial charge in [0.25, 0.3) is 0 Å². The summed E-state index contributed by atoms with van der Waals surface area (Å²) >= 11 is 0. The first-order chi connectivity index (χ1) is 18.5. The van der Waals surface area contributed by atoms with Gasteiger partial charge in [-0.15, -0.1) is 0 Å². The molecule has 4 aromatic rings. The average molecular weight is 509 g/mol. The molecule has 0 aromatic heterocycles. The second kappa shape index (κ2) is 12.4. The number of carbonyl (C=O) groups is 1. The van der Waals surface area contributed by atoms with Gasteiger partial charge in [-0.3, -0.25) is 0 Å². The third-order valence-corrected chi connectivity index (χ3v) is 5.74. The summed E-state index contributed by atoms with van der Waals surface area (Å²) in [7, 11) is 4.68. The van der Waals surface area contributed by atoms with Crippen LogP contribution in [0.2, 0.25) is 0 Å². The van der Waals surface area contributed by atoms with E-state index in [1.165, 1.54) is 7.11 Å². The molecule has 0 aliphatic rings. The molecule has 0 atom stereocenters. The first-order valence-corrected chi connectivity index (χ1v) is 12.0. The van der Waals surface area contributed by atoms with E-state index in [0.717, 1.165) is 12.0 Å². The van der Waals surface area contributed by atoms with Crippen LogP contribution in [0, 0.1) is 11.8 Å². The van der Waals surface area contributed by atoms with Crippen LogP contribution < -0.4 is 23.7 Å². The predicted molar refractivity (Wildman–Crippen MR) is 146 cm³/mol. The van der Waals surface area contributed by atoms with E-state index in [1.807, 2.05) is 61.5 Å². The summed E-state index contributed by atoms with van der Waals surface area (Å²) in [6.45, 7) is 2.03. The molecule has 0 radical (unpaired) electrons. The van der Waals surface area contributed by atoms with Crippen LogP contribution in [-0.2, 0) is 6.42 Å². The quantitative estimate of drug-likeness (QED) is 0.150. The van der Waals surface area contributed by atoms with Gasteiger partial charge in [-0.05, 0) is 78.7 Å². The molecule has 0 spiro atoms. The standard InChI is InChI=1S/C32H28O6/c1-5-22-19-25(31(30(20-22)36-4)38-32(33)24-14-16-26(34-2)17-15-24)13-11-23-12-18-28(29(21-23)35-3)37-27-9-7-6-8-10-27/h6-10,12,14-21H,5H2,1-4H3. The molecular formula is C32H28O6. The molecule has 192 valence electrons. The molecule has 6 nitrogen and oxygen atoms in total. The fourth-order valence-corrected chi connectivity index (χ4v) is 3.68. The van der Waals surface area contributed by atoms with Crippen LogP contribution >= 0.6 is 0 Å². The molecule has 6 heteroatoms. The van der Waals surface area contributed by atoms with Crippen molar-refractivity contribution in [1.82, 2.24) is 0 Å². The van der Waals surface area contributed by atoms with Crippen molar-refractivity contribution in [2.24, 2.45) is 0 Å². The Morgan fingerprint density at radius 3 is 2.11 bits per heavy atom. The maximum Gasteiger partial charge on any atom is 0.343 e. The molecular weight excluding hydrogens is 480 g/mol. The summed E-state index contributed by atoms with van der Waals surface area (Å²) in [6.07, 6.45) is 0.761. The number of hydrogen-bond acceptors (Lipinski definition) is 6. The van der Waals surface area contributed by atoms with Gasteiger partial charge < -0.3 is 23.7 Å². The second-order valence-corrected chi connectivity index (χ2v) is 8.18. The van der Waals surface area contributed by atoms with Crippen molar-refractivity contribution in [3.63, 3.8) is 0 Å². The minimum absolute atomic E-state index is 0.258. The lowest BCUT2D eigenvalue weighted by molar-refractivity contribution is 0.0729. The molecule has 0 unspecified atom stereocenters. The number of esters is 1. The van der Waals surface area contributed by atoms with Gasteiger partial charge in [0, 0.05) is 5.56 Å². The van der Waals surface area contributed by atoms with Crippen molar-refractivity contribution < 1.29 is 28.5 Å². The number of carbonyl (C=O) groups excluding carboxylic acids is 1. The minimum Gasteiger partial charge on any atom is -0.497 e. The van der Waals surface area contributed by atoms with Crippen molar-refractivity contribution in [2.75, 3.05) is 21.3 Å². The van der Waals surface area contributed by atoms with Crippen LogP contribution in [0.3, 0.4) is 0 Å². The van der Waals surface area contributed by atoms with Gasteiger partial charge in [-0.25, -0.2) is 4.79 Å². The zero-order chi connectivity index (χ0) is 26.9. The fraction of sp³-hybridized carbons (Fsp3) is 0.156. The Morgan fingerprint density at radius 1 is 0.711 bits per heavy atom. The maximum atomic E-state index is 12.9. The molecule has 0 heterocycles. The lowest BCUT2D eigenvalue weighted by Crippen LogP contribution is -2.10. The predicted octanol–water partition coefficient (Wildman–Crippen LogP) is 6.69.